The van der Waals surface area contributed by atoms with Gasteiger partial charge in [0.25, 0.3) is 0 Å². The van der Waals surface area contributed by atoms with Crippen LogP contribution in [0.4, 0.5) is 0 Å². The summed E-state index contributed by atoms with van der Waals surface area (Å²) in [5, 5.41) is 0.605. The number of carbonyl (C=O) groups is 1. The molecule has 2 nitrogen and oxygen atoms in total. The Labute approximate surface area is 88.8 Å². The summed E-state index contributed by atoms with van der Waals surface area (Å²) in [6, 6.07) is 7.27. The number of hydrogen-bond acceptors (Lipinski definition) is 2. The van der Waals surface area contributed by atoms with Gasteiger partial charge in [0.1, 0.15) is 0 Å². The zero-order chi connectivity index (χ0) is 10.6. The number of esters is 1. The molecule has 0 heterocycles. The fourth-order valence-corrected chi connectivity index (χ4v) is 1.30. The normalized spacial score (nSPS) is 10.3. The van der Waals surface area contributed by atoms with Crippen LogP contribution in [0.1, 0.15) is 19.4 Å². The summed E-state index contributed by atoms with van der Waals surface area (Å²) < 4.78 is 5.01. The second-order valence-electron chi connectivity index (χ2n) is 3.31. The van der Waals surface area contributed by atoms with E-state index in [1.165, 1.54) is 0 Å². The number of benzene rings is 1. The topological polar surface area (TPSA) is 26.3 Å². The highest BCUT2D eigenvalue weighted by Gasteiger charge is 2.08. The van der Waals surface area contributed by atoms with Gasteiger partial charge in [-0.3, -0.25) is 4.79 Å². The number of ether oxygens (including phenoxy) is 1. The summed E-state index contributed by atoms with van der Waals surface area (Å²) >= 11 is 5.90. The minimum atomic E-state index is -0.242. The molecule has 0 aliphatic rings. The minimum absolute atomic E-state index is 0.0787. The van der Waals surface area contributed by atoms with Crippen molar-refractivity contribution in [2.75, 3.05) is 0 Å². The summed E-state index contributed by atoms with van der Waals surface area (Å²) in [4.78, 5) is 11.3. The summed E-state index contributed by atoms with van der Waals surface area (Å²) in [5.74, 6) is -0.242. The van der Waals surface area contributed by atoms with Gasteiger partial charge in [-0.2, -0.15) is 0 Å². The van der Waals surface area contributed by atoms with Crippen LogP contribution in [-0.4, -0.2) is 12.1 Å². The Balaban J connectivity index is 2.61. The highest BCUT2D eigenvalue weighted by atomic mass is 35.5. The molecule has 0 radical (unpaired) electrons. The zero-order valence-corrected chi connectivity index (χ0v) is 9.04. The molecule has 3 heteroatoms. The lowest BCUT2D eigenvalue weighted by molar-refractivity contribution is -0.146. The van der Waals surface area contributed by atoms with E-state index >= 15 is 0 Å². The quantitative estimate of drug-likeness (QED) is 0.721. The molecular weight excluding hydrogens is 200 g/mol. The van der Waals surface area contributed by atoms with Gasteiger partial charge in [-0.1, -0.05) is 29.8 Å². The van der Waals surface area contributed by atoms with Crippen molar-refractivity contribution in [3.8, 4) is 0 Å². The van der Waals surface area contributed by atoms with Crippen molar-refractivity contribution in [1.82, 2.24) is 0 Å². The van der Waals surface area contributed by atoms with E-state index in [2.05, 4.69) is 0 Å². The smallest absolute Gasteiger partial charge is 0.310 e. The molecule has 0 N–H and O–H groups in total. The van der Waals surface area contributed by atoms with E-state index in [0.29, 0.717) is 5.02 Å². The van der Waals surface area contributed by atoms with Crippen LogP contribution in [0.2, 0.25) is 5.02 Å². The third-order valence-electron chi connectivity index (χ3n) is 1.66. The fraction of sp³-hybridized carbons (Fsp3) is 0.364. The van der Waals surface area contributed by atoms with Crippen molar-refractivity contribution >= 4 is 17.6 Å². The van der Waals surface area contributed by atoms with Crippen molar-refractivity contribution in [2.24, 2.45) is 0 Å². The van der Waals surface area contributed by atoms with Crippen LogP contribution < -0.4 is 0 Å². The summed E-state index contributed by atoms with van der Waals surface area (Å²) in [7, 11) is 0. The zero-order valence-electron chi connectivity index (χ0n) is 8.29. The van der Waals surface area contributed by atoms with Gasteiger partial charge in [0.05, 0.1) is 12.5 Å². The predicted molar refractivity (Wildman–Crippen MR) is 56.4 cm³/mol. The molecule has 0 amide bonds. The Hall–Kier alpha value is -1.02. The van der Waals surface area contributed by atoms with Gasteiger partial charge < -0.3 is 4.74 Å². The molecule has 0 unspecified atom stereocenters. The highest BCUT2D eigenvalue weighted by molar-refractivity contribution is 6.31. The molecule has 0 aromatic heterocycles. The molecule has 1 rings (SSSR count). The van der Waals surface area contributed by atoms with Crippen molar-refractivity contribution < 1.29 is 9.53 Å². The molecule has 0 saturated carbocycles. The second kappa shape index (κ2) is 5.01. The Morgan fingerprint density at radius 3 is 2.64 bits per heavy atom. The van der Waals surface area contributed by atoms with E-state index in [0.717, 1.165) is 5.56 Å². The first kappa shape index (κ1) is 11.1. The van der Waals surface area contributed by atoms with E-state index in [-0.39, 0.29) is 18.5 Å². The maximum absolute atomic E-state index is 11.3. The van der Waals surface area contributed by atoms with E-state index in [9.17, 15) is 4.79 Å². The van der Waals surface area contributed by atoms with Gasteiger partial charge >= 0.3 is 5.97 Å². The van der Waals surface area contributed by atoms with E-state index in [1.807, 2.05) is 32.0 Å². The molecule has 14 heavy (non-hydrogen) atoms. The average molecular weight is 213 g/mol. The lowest BCUT2D eigenvalue weighted by atomic mass is 10.1. The molecule has 0 aliphatic carbocycles. The van der Waals surface area contributed by atoms with Gasteiger partial charge in [-0.15, -0.1) is 0 Å². The maximum atomic E-state index is 11.3. The van der Waals surface area contributed by atoms with E-state index in [1.54, 1.807) is 6.07 Å². The third kappa shape index (κ3) is 3.38. The van der Waals surface area contributed by atoms with Crippen molar-refractivity contribution in [1.29, 1.82) is 0 Å². The monoisotopic (exact) mass is 212 g/mol. The molecule has 0 bridgehead atoms. The van der Waals surface area contributed by atoms with Crippen LogP contribution in [0, 0.1) is 0 Å². The van der Waals surface area contributed by atoms with Crippen molar-refractivity contribution in [3.05, 3.63) is 34.9 Å². The SMILES string of the molecule is CC(C)OC(=O)Cc1ccccc1Cl. The Bertz CT molecular complexity index is 321. The Morgan fingerprint density at radius 2 is 2.07 bits per heavy atom. The number of carbonyl (C=O) groups excluding carboxylic acids is 1. The van der Waals surface area contributed by atoms with Gasteiger partial charge in [-0.05, 0) is 25.5 Å². The van der Waals surface area contributed by atoms with Gasteiger partial charge in [-0.25, -0.2) is 0 Å². The van der Waals surface area contributed by atoms with Crippen LogP contribution in [-0.2, 0) is 16.0 Å². The molecule has 0 atom stereocenters. The van der Waals surface area contributed by atoms with Gasteiger partial charge in [0.15, 0.2) is 0 Å². The first-order chi connectivity index (χ1) is 6.59. The van der Waals surface area contributed by atoms with Crippen LogP contribution in [0.15, 0.2) is 24.3 Å². The van der Waals surface area contributed by atoms with Crippen LogP contribution in [0.3, 0.4) is 0 Å². The van der Waals surface area contributed by atoms with Gasteiger partial charge in [0.2, 0.25) is 0 Å². The van der Waals surface area contributed by atoms with E-state index < -0.39 is 0 Å². The molecular formula is C11H13ClO2. The highest BCUT2D eigenvalue weighted by Crippen LogP contribution is 2.15. The lowest BCUT2D eigenvalue weighted by Gasteiger charge is -2.08. The molecule has 0 saturated heterocycles. The number of hydrogen-bond donors (Lipinski definition) is 0. The summed E-state index contributed by atoms with van der Waals surface area (Å²) in [6.07, 6.45) is 0.155. The lowest BCUT2D eigenvalue weighted by Crippen LogP contribution is -2.13. The molecule has 0 aliphatic heterocycles. The van der Waals surface area contributed by atoms with Crippen molar-refractivity contribution in [3.63, 3.8) is 0 Å². The third-order valence-corrected chi connectivity index (χ3v) is 2.03. The van der Waals surface area contributed by atoms with Crippen molar-refractivity contribution in [2.45, 2.75) is 26.4 Å². The second-order valence-corrected chi connectivity index (χ2v) is 3.71. The first-order valence-corrected chi connectivity index (χ1v) is 4.90. The summed E-state index contributed by atoms with van der Waals surface area (Å²) in [6.45, 7) is 3.65. The molecule has 0 spiro atoms. The minimum Gasteiger partial charge on any atom is -0.463 e. The number of rotatable bonds is 3. The first-order valence-electron chi connectivity index (χ1n) is 4.52. The average Bonchev–Trinajstić information content (AvgIpc) is 2.07. The largest absolute Gasteiger partial charge is 0.463 e. The Kier molecular flexibility index (Phi) is 3.96. The van der Waals surface area contributed by atoms with Gasteiger partial charge in [0, 0.05) is 5.02 Å². The molecule has 1 aromatic carbocycles. The van der Waals surface area contributed by atoms with E-state index in [4.69, 9.17) is 16.3 Å². The molecule has 76 valence electrons. The number of halogens is 1. The predicted octanol–water partition coefficient (Wildman–Crippen LogP) is 2.83. The van der Waals surface area contributed by atoms with Crippen LogP contribution in [0.5, 0.6) is 0 Å². The fourth-order valence-electron chi connectivity index (χ4n) is 1.10. The molecule has 1 aromatic rings. The summed E-state index contributed by atoms with van der Waals surface area (Å²) in [5.41, 5.74) is 0.805. The Morgan fingerprint density at radius 1 is 1.43 bits per heavy atom. The van der Waals surface area contributed by atoms with Crippen LogP contribution in [0.25, 0.3) is 0 Å². The molecule has 0 fully saturated rings. The van der Waals surface area contributed by atoms with Crippen LogP contribution >= 0.6 is 11.6 Å². The maximum Gasteiger partial charge on any atom is 0.310 e. The standard InChI is InChI=1S/C11H13ClO2/c1-8(2)14-11(13)7-9-5-3-4-6-10(9)12/h3-6,8H,7H2,1-2H3.